The SMILES string of the molecule is CO[Si](C)(CCCNCCCCN)OC. The molecular weight excluding hydrogens is 208 g/mol. The van der Waals surface area contributed by atoms with Gasteiger partial charge in [0.1, 0.15) is 0 Å². The highest BCUT2D eigenvalue weighted by Gasteiger charge is 2.27. The standard InChI is InChI=1S/C10H26N2O2Si/c1-13-15(3,14-2)10-6-9-12-8-5-4-7-11/h12H,4-11H2,1-3H3. The van der Waals surface area contributed by atoms with E-state index in [0.29, 0.717) is 0 Å². The Morgan fingerprint density at radius 2 is 1.67 bits per heavy atom. The van der Waals surface area contributed by atoms with Gasteiger partial charge in [0, 0.05) is 14.2 Å². The first-order chi connectivity index (χ1) is 7.18. The van der Waals surface area contributed by atoms with Crippen molar-refractivity contribution in [2.45, 2.75) is 31.9 Å². The van der Waals surface area contributed by atoms with Crippen LogP contribution in [-0.4, -0.2) is 42.4 Å². The second kappa shape index (κ2) is 9.29. The zero-order valence-corrected chi connectivity index (χ0v) is 11.3. The van der Waals surface area contributed by atoms with Crippen molar-refractivity contribution in [3.8, 4) is 0 Å². The zero-order valence-electron chi connectivity index (χ0n) is 10.3. The maximum Gasteiger partial charge on any atom is 0.334 e. The van der Waals surface area contributed by atoms with Crippen molar-refractivity contribution >= 4 is 8.56 Å². The summed E-state index contributed by atoms with van der Waals surface area (Å²) in [5, 5.41) is 3.40. The van der Waals surface area contributed by atoms with Gasteiger partial charge in [0.15, 0.2) is 0 Å². The van der Waals surface area contributed by atoms with Crippen LogP contribution in [0, 0.1) is 0 Å². The van der Waals surface area contributed by atoms with Crippen LogP contribution >= 0.6 is 0 Å². The van der Waals surface area contributed by atoms with Gasteiger partial charge in [-0.25, -0.2) is 0 Å². The summed E-state index contributed by atoms with van der Waals surface area (Å²) in [6.45, 7) is 5.00. The minimum absolute atomic E-state index is 0.792. The van der Waals surface area contributed by atoms with Crippen molar-refractivity contribution in [2.24, 2.45) is 5.73 Å². The molecule has 0 aliphatic carbocycles. The lowest BCUT2D eigenvalue weighted by Crippen LogP contribution is -2.36. The minimum Gasteiger partial charge on any atom is -0.398 e. The first-order valence-electron chi connectivity index (χ1n) is 5.69. The van der Waals surface area contributed by atoms with Gasteiger partial charge in [-0.3, -0.25) is 0 Å². The van der Waals surface area contributed by atoms with E-state index in [4.69, 9.17) is 14.6 Å². The third-order valence-electron chi connectivity index (χ3n) is 2.66. The van der Waals surface area contributed by atoms with Gasteiger partial charge in [-0.1, -0.05) is 0 Å². The minimum atomic E-state index is -1.83. The van der Waals surface area contributed by atoms with E-state index in [2.05, 4.69) is 11.9 Å². The van der Waals surface area contributed by atoms with Crippen molar-refractivity contribution < 1.29 is 8.85 Å². The molecule has 0 bridgehead atoms. The van der Waals surface area contributed by atoms with Gasteiger partial charge >= 0.3 is 8.56 Å². The smallest absolute Gasteiger partial charge is 0.334 e. The lowest BCUT2D eigenvalue weighted by atomic mass is 10.3. The quantitative estimate of drug-likeness (QED) is 0.438. The predicted octanol–water partition coefficient (Wildman–Crippen LogP) is 1.07. The van der Waals surface area contributed by atoms with Crippen LogP contribution in [0.2, 0.25) is 12.6 Å². The van der Waals surface area contributed by atoms with Crippen LogP contribution in [-0.2, 0) is 8.85 Å². The Labute approximate surface area is 94.8 Å². The molecule has 3 N–H and O–H groups in total. The fourth-order valence-electron chi connectivity index (χ4n) is 1.34. The molecule has 5 heteroatoms. The average Bonchev–Trinajstić information content (AvgIpc) is 2.27. The zero-order chi connectivity index (χ0) is 11.6. The van der Waals surface area contributed by atoms with Crippen molar-refractivity contribution in [3.63, 3.8) is 0 Å². The van der Waals surface area contributed by atoms with Gasteiger partial charge in [-0.2, -0.15) is 0 Å². The second-order valence-corrected chi connectivity index (χ2v) is 7.48. The van der Waals surface area contributed by atoms with Crippen LogP contribution in [0.5, 0.6) is 0 Å². The summed E-state index contributed by atoms with van der Waals surface area (Å²) in [4.78, 5) is 0. The van der Waals surface area contributed by atoms with Crippen LogP contribution in [0.4, 0.5) is 0 Å². The van der Waals surface area contributed by atoms with E-state index in [1.54, 1.807) is 14.2 Å². The van der Waals surface area contributed by atoms with Crippen molar-refractivity contribution in [2.75, 3.05) is 33.9 Å². The van der Waals surface area contributed by atoms with Gasteiger partial charge in [0.05, 0.1) is 0 Å². The molecule has 0 unspecified atom stereocenters. The van der Waals surface area contributed by atoms with E-state index in [1.165, 1.54) is 6.42 Å². The van der Waals surface area contributed by atoms with Crippen LogP contribution < -0.4 is 11.1 Å². The molecule has 4 nitrogen and oxygen atoms in total. The molecule has 0 spiro atoms. The summed E-state index contributed by atoms with van der Waals surface area (Å²) in [6.07, 6.45) is 3.39. The summed E-state index contributed by atoms with van der Waals surface area (Å²) >= 11 is 0. The Hall–Kier alpha value is 0.0569. The van der Waals surface area contributed by atoms with E-state index in [0.717, 1.165) is 38.5 Å². The topological polar surface area (TPSA) is 56.5 Å². The maximum atomic E-state index is 5.41. The Morgan fingerprint density at radius 1 is 1.07 bits per heavy atom. The molecule has 0 aliphatic rings. The Bertz CT molecular complexity index is 143. The van der Waals surface area contributed by atoms with E-state index in [-0.39, 0.29) is 0 Å². The fraction of sp³-hybridized carbons (Fsp3) is 1.00. The van der Waals surface area contributed by atoms with Gasteiger partial charge in [-0.15, -0.1) is 0 Å². The van der Waals surface area contributed by atoms with Crippen LogP contribution in [0.3, 0.4) is 0 Å². The van der Waals surface area contributed by atoms with Crippen LogP contribution in [0.15, 0.2) is 0 Å². The maximum absolute atomic E-state index is 5.41. The number of nitrogens with two attached hydrogens (primary N) is 1. The van der Waals surface area contributed by atoms with Gasteiger partial charge in [0.2, 0.25) is 0 Å². The van der Waals surface area contributed by atoms with E-state index in [9.17, 15) is 0 Å². The predicted molar refractivity (Wildman–Crippen MR) is 66.2 cm³/mol. The molecule has 0 rings (SSSR count). The molecule has 0 saturated heterocycles. The van der Waals surface area contributed by atoms with E-state index >= 15 is 0 Å². The number of hydrogen-bond donors (Lipinski definition) is 2. The summed E-state index contributed by atoms with van der Waals surface area (Å²) < 4.78 is 10.8. The fourth-order valence-corrected chi connectivity index (χ4v) is 2.74. The van der Waals surface area contributed by atoms with Crippen molar-refractivity contribution in [3.05, 3.63) is 0 Å². The first-order valence-corrected chi connectivity index (χ1v) is 8.22. The molecule has 0 amide bonds. The summed E-state index contributed by atoms with van der Waals surface area (Å²) in [6, 6.07) is 1.05. The lowest BCUT2D eigenvalue weighted by Gasteiger charge is -2.22. The number of nitrogens with one attached hydrogen (secondary N) is 1. The highest BCUT2D eigenvalue weighted by Crippen LogP contribution is 2.12. The Kier molecular flexibility index (Phi) is 9.33. The number of rotatable bonds is 10. The van der Waals surface area contributed by atoms with Crippen molar-refractivity contribution in [1.82, 2.24) is 5.32 Å². The molecule has 0 fully saturated rings. The normalized spacial score (nSPS) is 12.0. The van der Waals surface area contributed by atoms with Gasteiger partial charge < -0.3 is 19.9 Å². The molecule has 0 aromatic carbocycles. The Morgan fingerprint density at radius 3 is 2.20 bits per heavy atom. The van der Waals surface area contributed by atoms with E-state index < -0.39 is 8.56 Å². The molecule has 0 heterocycles. The molecule has 15 heavy (non-hydrogen) atoms. The molecule has 0 saturated carbocycles. The largest absolute Gasteiger partial charge is 0.398 e. The van der Waals surface area contributed by atoms with Crippen LogP contribution in [0.1, 0.15) is 19.3 Å². The average molecular weight is 234 g/mol. The molecular formula is C10H26N2O2Si. The Balaban J connectivity index is 3.29. The molecule has 92 valence electrons. The first kappa shape index (κ1) is 15.1. The van der Waals surface area contributed by atoms with Crippen LogP contribution in [0.25, 0.3) is 0 Å². The molecule has 0 aliphatic heterocycles. The third kappa shape index (κ3) is 7.93. The summed E-state index contributed by atoms with van der Waals surface area (Å²) in [5.74, 6) is 0. The molecule has 0 atom stereocenters. The molecule has 0 aromatic rings. The monoisotopic (exact) mass is 234 g/mol. The molecule has 0 aromatic heterocycles. The summed E-state index contributed by atoms with van der Waals surface area (Å²) in [7, 11) is 1.65. The number of hydrogen-bond acceptors (Lipinski definition) is 4. The highest BCUT2D eigenvalue weighted by atomic mass is 28.4. The third-order valence-corrected chi connectivity index (χ3v) is 5.64. The van der Waals surface area contributed by atoms with Crippen molar-refractivity contribution in [1.29, 1.82) is 0 Å². The van der Waals surface area contributed by atoms with E-state index in [1.807, 2.05) is 0 Å². The molecule has 0 radical (unpaired) electrons. The lowest BCUT2D eigenvalue weighted by molar-refractivity contribution is 0.248. The number of unbranched alkanes of at least 4 members (excludes halogenated alkanes) is 1. The second-order valence-electron chi connectivity index (χ2n) is 3.89. The summed E-state index contributed by atoms with van der Waals surface area (Å²) in [5.41, 5.74) is 5.41. The highest BCUT2D eigenvalue weighted by molar-refractivity contribution is 6.65. The van der Waals surface area contributed by atoms with Gasteiger partial charge in [0.25, 0.3) is 0 Å². The van der Waals surface area contributed by atoms with Gasteiger partial charge in [-0.05, 0) is 51.5 Å².